The van der Waals surface area contributed by atoms with Gasteiger partial charge in [-0.2, -0.15) is 9.97 Å². The first-order valence-corrected chi connectivity index (χ1v) is 23.2. The number of hydrogen-bond donors (Lipinski definition) is 0. The van der Waals surface area contributed by atoms with E-state index in [0.29, 0.717) is 17.6 Å². The van der Waals surface area contributed by atoms with Crippen LogP contribution < -0.4 is 0 Å². The Morgan fingerprint density at radius 3 is 1.47 bits per heavy atom. The minimum Gasteiger partial charge on any atom is -0.278 e. The Balaban J connectivity index is 0.920. The summed E-state index contributed by atoms with van der Waals surface area (Å²) >= 11 is 1.89. The molecule has 5 heteroatoms. The number of para-hydroxylation sites is 1. The van der Waals surface area contributed by atoms with Crippen LogP contribution in [-0.4, -0.2) is 19.5 Å². The summed E-state index contributed by atoms with van der Waals surface area (Å²) in [5.41, 5.74) is 16.2. The van der Waals surface area contributed by atoms with Crippen LogP contribution in [0.15, 0.2) is 218 Å². The maximum absolute atomic E-state index is 5.27. The lowest BCUT2D eigenvalue weighted by Crippen LogP contribution is -2.06. The van der Waals surface area contributed by atoms with E-state index in [4.69, 9.17) is 15.0 Å². The van der Waals surface area contributed by atoms with E-state index in [0.717, 1.165) is 44.1 Å². The van der Waals surface area contributed by atoms with E-state index in [1.165, 1.54) is 75.5 Å². The molecule has 0 saturated carbocycles. The normalized spacial score (nSPS) is 11.9. The molecule has 0 saturated heterocycles. The summed E-state index contributed by atoms with van der Waals surface area (Å²) < 4.78 is 4.83. The zero-order valence-electron chi connectivity index (χ0n) is 35.5. The highest BCUT2D eigenvalue weighted by atomic mass is 32.1. The molecule has 13 aromatic rings. The molecule has 0 atom stereocenters. The van der Waals surface area contributed by atoms with Gasteiger partial charge in [-0.05, 0) is 103 Å². The second-order valence-corrected chi connectivity index (χ2v) is 18.2. The predicted molar refractivity (Wildman–Crippen MR) is 276 cm³/mol. The van der Waals surface area contributed by atoms with Gasteiger partial charge in [-0.3, -0.25) is 4.57 Å². The second kappa shape index (κ2) is 14.5. The Bertz CT molecular complexity index is 3970. The van der Waals surface area contributed by atoms with Crippen molar-refractivity contribution in [3.8, 4) is 84.4 Å². The SMILES string of the molecule is c1ccc(-c2ccc(-c3nc(-c4ccc(-c5ccccc5)cc4)nc(-n4c5ccccc5c5cc(-c6ccc7sc8cc9c%10c(cccc%10c8c7c6)-c6ccccc6-9)ccc54)n3)cc2)cc1. The van der Waals surface area contributed by atoms with Crippen LogP contribution in [0, 0.1) is 0 Å². The van der Waals surface area contributed by atoms with Crippen molar-refractivity contribution in [2.45, 2.75) is 0 Å². The lowest BCUT2D eigenvalue weighted by molar-refractivity contribution is 0.953. The highest BCUT2D eigenvalue weighted by Crippen LogP contribution is 2.52. The van der Waals surface area contributed by atoms with E-state index in [1.807, 2.05) is 23.5 Å². The highest BCUT2D eigenvalue weighted by molar-refractivity contribution is 7.26. The third kappa shape index (κ3) is 5.74. The molecule has 0 bridgehead atoms. The largest absolute Gasteiger partial charge is 0.278 e. The molecule has 10 aromatic carbocycles. The summed E-state index contributed by atoms with van der Waals surface area (Å²) in [7, 11) is 0. The molecule has 306 valence electrons. The van der Waals surface area contributed by atoms with Crippen molar-refractivity contribution in [3.05, 3.63) is 218 Å². The van der Waals surface area contributed by atoms with Gasteiger partial charge in [0.2, 0.25) is 5.95 Å². The number of hydrogen-bond acceptors (Lipinski definition) is 4. The molecular formula is C61H36N4S. The fourth-order valence-corrected chi connectivity index (χ4v) is 11.4. The molecule has 1 aliphatic rings. The molecule has 0 spiro atoms. The van der Waals surface area contributed by atoms with Gasteiger partial charge in [0.05, 0.1) is 11.0 Å². The quantitative estimate of drug-likeness (QED) is 0.167. The van der Waals surface area contributed by atoms with Gasteiger partial charge in [0.1, 0.15) is 0 Å². The Kier molecular flexibility index (Phi) is 8.12. The fourth-order valence-electron chi connectivity index (χ4n) is 10.3. The van der Waals surface area contributed by atoms with Crippen molar-refractivity contribution in [1.29, 1.82) is 0 Å². The van der Waals surface area contributed by atoms with Crippen molar-refractivity contribution in [2.75, 3.05) is 0 Å². The third-order valence-corrected chi connectivity index (χ3v) is 14.5. The van der Waals surface area contributed by atoms with Crippen molar-refractivity contribution < 1.29 is 0 Å². The van der Waals surface area contributed by atoms with Crippen LogP contribution in [0.3, 0.4) is 0 Å². The number of fused-ring (bicyclic) bond motifs is 10. The fraction of sp³-hybridized carbons (Fsp3) is 0. The van der Waals surface area contributed by atoms with Gasteiger partial charge in [0.15, 0.2) is 11.6 Å². The number of nitrogens with zero attached hydrogens (tertiary/aromatic N) is 4. The average molecular weight is 857 g/mol. The summed E-state index contributed by atoms with van der Waals surface area (Å²) in [5, 5.41) is 7.62. The molecule has 0 unspecified atom stereocenters. The molecule has 0 amide bonds. The van der Waals surface area contributed by atoms with Crippen LogP contribution in [0.5, 0.6) is 0 Å². The van der Waals surface area contributed by atoms with Gasteiger partial charge in [-0.25, -0.2) is 4.98 Å². The number of thiophene rings is 1. The summed E-state index contributed by atoms with van der Waals surface area (Å²) in [4.78, 5) is 15.7. The second-order valence-electron chi connectivity index (χ2n) is 17.1. The molecule has 0 N–H and O–H groups in total. The van der Waals surface area contributed by atoms with Crippen molar-refractivity contribution >= 4 is 64.1 Å². The third-order valence-electron chi connectivity index (χ3n) is 13.4. The molecule has 14 rings (SSSR count). The maximum Gasteiger partial charge on any atom is 0.238 e. The molecule has 0 fully saturated rings. The Morgan fingerprint density at radius 2 is 0.788 bits per heavy atom. The predicted octanol–water partition coefficient (Wildman–Crippen LogP) is 16.5. The Hall–Kier alpha value is -8.51. The summed E-state index contributed by atoms with van der Waals surface area (Å²) in [5.74, 6) is 1.81. The van der Waals surface area contributed by atoms with E-state index in [9.17, 15) is 0 Å². The van der Waals surface area contributed by atoms with Crippen molar-refractivity contribution in [3.63, 3.8) is 0 Å². The van der Waals surface area contributed by atoms with E-state index in [1.54, 1.807) is 0 Å². The van der Waals surface area contributed by atoms with Crippen LogP contribution in [-0.2, 0) is 0 Å². The van der Waals surface area contributed by atoms with Crippen LogP contribution >= 0.6 is 11.3 Å². The van der Waals surface area contributed by atoms with E-state index in [2.05, 4.69) is 211 Å². The average Bonchev–Trinajstić information content (AvgIpc) is 4.05. The minimum atomic E-state index is 0.574. The molecule has 1 aliphatic carbocycles. The first-order chi connectivity index (χ1) is 32.7. The number of rotatable bonds is 6. The standard InChI is InChI=1S/C61H36N4S/c1-3-12-37(13-4-1)39-22-26-41(27-23-39)59-62-60(42-28-24-40(25-29-42)38-14-5-2-6-15-38)64-61(63-59)65-53-21-10-9-18-47(53)50-34-43(30-32-54(50)65)44-31-33-55-52(35-44)58-49-20-11-19-48-45-16-7-8-17-46(45)51(57(48)49)36-56(58)66-55/h1-36H. The van der Waals surface area contributed by atoms with Crippen LogP contribution in [0.4, 0.5) is 0 Å². The molecule has 0 radical (unpaired) electrons. The zero-order valence-corrected chi connectivity index (χ0v) is 36.3. The van der Waals surface area contributed by atoms with Crippen LogP contribution in [0.1, 0.15) is 0 Å². The number of benzene rings is 10. The summed E-state index contributed by atoms with van der Waals surface area (Å²) in [6.45, 7) is 0. The van der Waals surface area contributed by atoms with Gasteiger partial charge in [0.25, 0.3) is 0 Å². The number of aromatic nitrogens is 4. The zero-order chi connectivity index (χ0) is 43.3. The first-order valence-electron chi connectivity index (χ1n) is 22.3. The molecule has 66 heavy (non-hydrogen) atoms. The topological polar surface area (TPSA) is 43.6 Å². The molecule has 3 aromatic heterocycles. The maximum atomic E-state index is 5.27. The lowest BCUT2D eigenvalue weighted by atomic mass is 9.96. The van der Waals surface area contributed by atoms with Crippen molar-refractivity contribution in [2.24, 2.45) is 0 Å². The summed E-state index contributed by atoms with van der Waals surface area (Å²) in [6.07, 6.45) is 0. The van der Waals surface area contributed by atoms with Crippen LogP contribution in [0.2, 0.25) is 0 Å². The summed E-state index contributed by atoms with van der Waals surface area (Å²) in [6, 6.07) is 78.4. The van der Waals surface area contributed by atoms with Gasteiger partial charge < -0.3 is 0 Å². The van der Waals surface area contributed by atoms with Crippen LogP contribution in [0.25, 0.3) is 137 Å². The molecule has 4 nitrogen and oxygen atoms in total. The monoisotopic (exact) mass is 856 g/mol. The Morgan fingerprint density at radius 1 is 0.288 bits per heavy atom. The molecule has 3 heterocycles. The van der Waals surface area contributed by atoms with Crippen molar-refractivity contribution in [1.82, 2.24) is 19.5 Å². The van der Waals surface area contributed by atoms with E-state index < -0.39 is 0 Å². The van der Waals surface area contributed by atoms with Gasteiger partial charge in [0, 0.05) is 42.1 Å². The van der Waals surface area contributed by atoms with E-state index in [-0.39, 0.29) is 0 Å². The highest BCUT2D eigenvalue weighted by Gasteiger charge is 2.24. The lowest BCUT2D eigenvalue weighted by Gasteiger charge is -2.12. The molecular weight excluding hydrogens is 821 g/mol. The van der Waals surface area contributed by atoms with Gasteiger partial charge in [-0.1, -0.05) is 182 Å². The van der Waals surface area contributed by atoms with Gasteiger partial charge >= 0.3 is 0 Å². The smallest absolute Gasteiger partial charge is 0.238 e. The minimum absolute atomic E-state index is 0.574. The van der Waals surface area contributed by atoms with E-state index >= 15 is 0 Å². The first kappa shape index (κ1) is 36.9. The Labute approximate surface area is 384 Å². The van der Waals surface area contributed by atoms with Gasteiger partial charge in [-0.15, -0.1) is 11.3 Å². The molecule has 0 aliphatic heterocycles.